The van der Waals surface area contributed by atoms with Crippen LogP contribution >= 0.6 is 11.6 Å². The average Bonchev–Trinajstić information content (AvgIpc) is 3.08. The molecule has 0 saturated carbocycles. The largest absolute Gasteiger partial charge is 0.497 e. The number of rotatable bonds is 4. The quantitative estimate of drug-likeness (QED) is 0.402. The van der Waals surface area contributed by atoms with Crippen molar-refractivity contribution < 1.29 is 9.53 Å². The summed E-state index contributed by atoms with van der Waals surface area (Å²) in [7, 11) is 1.64. The maximum absolute atomic E-state index is 12.8. The minimum absolute atomic E-state index is 0.0449. The van der Waals surface area contributed by atoms with E-state index in [-0.39, 0.29) is 5.91 Å². The van der Waals surface area contributed by atoms with Gasteiger partial charge in [-0.05, 0) is 42.3 Å². The van der Waals surface area contributed by atoms with Gasteiger partial charge in [0.25, 0.3) is 0 Å². The number of methoxy groups -OCH3 is 1. The first-order valence-electron chi connectivity index (χ1n) is 10.2. The smallest absolute Gasteiger partial charge is 0.233 e. The Balaban J connectivity index is 1.53. The molecule has 0 bridgehead atoms. The Hall–Kier alpha value is -3.37. The van der Waals surface area contributed by atoms with Gasteiger partial charge in [-0.3, -0.25) is 9.69 Å². The first-order valence-corrected chi connectivity index (χ1v) is 10.5. The molecule has 0 saturated heterocycles. The second-order valence-electron chi connectivity index (χ2n) is 7.84. The number of pyridine rings is 1. The summed E-state index contributed by atoms with van der Waals surface area (Å²) in [5.74, 6) is 1.55. The predicted octanol–water partition coefficient (Wildman–Crippen LogP) is 5.96. The summed E-state index contributed by atoms with van der Waals surface area (Å²) in [6, 6.07) is 22.0. The molecule has 0 fully saturated rings. The van der Waals surface area contributed by atoms with Crippen LogP contribution < -0.4 is 9.64 Å². The lowest BCUT2D eigenvalue weighted by Gasteiger charge is -2.17. The van der Waals surface area contributed by atoms with Crippen LogP contribution in [-0.2, 0) is 17.8 Å². The zero-order valence-corrected chi connectivity index (χ0v) is 18.1. The molecule has 0 N–H and O–H groups in total. The van der Waals surface area contributed by atoms with Gasteiger partial charge in [0.2, 0.25) is 5.91 Å². The van der Waals surface area contributed by atoms with Crippen LogP contribution in [0.4, 0.5) is 5.82 Å². The van der Waals surface area contributed by atoms with E-state index in [1.54, 1.807) is 12.0 Å². The number of hydrogen-bond donors (Lipinski definition) is 0. The number of halogens is 1. The van der Waals surface area contributed by atoms with Gasteiger partial charge in [-0.25, -0.2) is 4.98 Å². The summed E-state index contributed by atoms with van der Waals surface area (Å²) in [5.41, 5.74) is 5.96. The molecule has 0 unspecified atom stereocenters. The summed E-state index contributed by atoms with van der Waals surface area (Å²) in [5, 5.41) is 1.54. The maximum atomic E-state index is 12.8. The van der Waals surface area contributed by atoms with Crippen LogP contribution in [0.15, 0.2) is 66.7 Å². The van der Waals surface area contributed by atoms with Crippen molar-refractivity contribution in [1.82, 2.24) is 4.98 Å². The number of fused-ring (bicyclic) bond motifs is 2. The van der Waals surface area contributed by atoms with Crippen molar-refractivity contribution >= 4 is 34.2 Å². The molecule has 0 spiro atoms. The number of amides is 1. The second kappa shape index (κ2) is 7.71. The SMILES string of the molecule is COc1ccc(CN2C(=O)Cc3cc4c(Cl)c(-c5ccc(C)cc5)ccc4nc32)cc1. The van der Waals surface area contributed by atoms with E-state index < -0.39 is 0 Å². The predicted molar refractivity (Wildman–Crippen MR) is 125 cm³/mol. The monoisotopic (exact) mass is 428 g/mol. The van der Waals surface area contributed by atoms with Crippen LogP contribution in [0, 0.1) is 6.92 Å². The first kappa shape index (κ1) is 19.6. The van der Waals surface area contributed by atoms with E-state index in [0.29, 0.717) is 23.8 Å². The van der Waals surface area contributed by atoms with E-state index >= 15 is 0 Å². The van der Waals surface area contributed by atoms with E-state index in [4.69, 9.17) is 21.3 Å². The van der Waals surface area contributed by atoms with Crippen LogP contribution in [0.25, 0.3) is 22.0 Å². The maximum Gasteiger partial charge on any atom is 0.233 e. The highest BCUT2D eigenvalue weighted by Crippen LogP contribution is 2.38. The standard InChI is InChI=1S/C26H21ClN2O2/c1-16-3-7-18(8-4-16)21-11-12-23-22(25(21)27)13-19-14-24(30)29(26(19)28-23)15-17-5-9-20(31-2)10-6-17/h3-13H,14-15H2,1-2H3. The van der Waals surface area contributed by atoms with Crippen LogP contribution in [0.5, 0.6) is 5.75 Å². The highest BCUT2D eigenvalue weighted by molar-refractivity contribution is 6.38. The summed E-state index contributed by atoms with van der Waals surface area (Å²) >= 11 is 6.80. The molecule has 5 heteroatoms. The van der Waals surface area contributed by atoms with E-state index in [0.717, 1.165) is 38.9 Å². The molecule has 0 atom stereocenters. The van der Waals surface area contributed by atoms with Crippen molar-refractivity contribution in [3.8, 4) is 16.9 Å². The third-order valence-electron chi connectivity index (χ3n) is 5.75. The molecule has 154 valence electrons. The van der Waals surface area contributed by atoms with Crippen molar-refractivity contribution in [1.29, 1.82) is 0 Å². The van der Waals surface area contributed by atoms with Gasteiger partial charge in [-0.2, -0.15) is 0 Å². The number of anilines is 1. The van der Waals surface area contributed by atoms with Gasteiger partial charge >= 0.3 is 0 Å². The third kappa shape index (κ3) is 3.53. The van der Waals surface area contributed by atoms with E-state index in [1.165, 1.54) is 5.56 Å². The Bertz CT molecular complexity index is 1300. The molecule has 4 nitrogen and oxygen atoms in total. The minimum Gasteiger partial charge on any atom is -0.497 e. The Morgan fingerprint density at radius 1 is 1.03 bits per heavy atom. The van der Waals surface area contributed by atoms with Crippen LogP contribution in [-0.4, -0.2) is 18.0 Å². The van der Waals surface area contributed by atoms with E-state index in [1.807, 2.05) is 42.5 Å². The van der Waals surface area contributed by atoms with Crippen molar-refractivity contribution in [2.45, 2.75) is 19.9 Å². The Labute approximate surface area is 186 Å². The first-order chi connectivity index (χ1) is 15.0. The van der Waals surface area contributed by atoms with Gasteiger partial charge in [-0.1, -0.05) is 59.6 Å². The lowest BCUT2D eigenvalue weighted by Crippen LogP contribution is -2.26. The van der Waals surface area contributed by atoms with E-state index in [9.17, 15) is 4.79 Å². The number of ether oxygens (including phenoxy) is 1. The molecule has 1 aliphatic heterocycles. The third-order valence-corrected chi connectivity index (χ3v) is 6.16. The number of aromatic nitrogens is 1. The van der Waals surface area contributed by atoms with Crippen LogP contribution in [0.3, 0.4) is 0 Å². The molecule has 5 rings (SSSR count). The summed E-state index contributed by atoms with van der Waals surface area (Å²) in [6.07, 6.45) is 0.333. The second-order valence-corrected chi connectivity index (χ2v) is 8.21. The topological polar surface area (TPSA) is 42.4 Å². The van der Waals surface area contributed by atoms with E-state index in [2.05, 4.69) is 31.2 Å². The summed E-state index contributed by atoms with van der Waals surface area (Å²) in [6.45, 7) is 2.54. The lowest BCUT2D eigenvalue weighted by molar-refractivity contribution is -0.117. The number of benzene rings is 3. The van der Waals surface area contributed by atoms with Gasteiger partial charge in [0.1, 0.15) is 11.6 Å². The van der Waals surface area contributed by atoms with Crippen molar-refractivity contribution in [3.63, 3.8) is 0 Å². The normalized spacial score (nSPS) is 13.0. The van der Waals surface area contributed by atoms with Gasteiger partial charge in [0.15, 0.2) is 0 Å². The molecule has 3 aromatic carbocycles. The van der Waals surface area contributed by atoms with Gasteiger partial charge < -0.3 is 4.74 Å². The molecule has 4 aromatic rings. The number of carbonyl (C=O) groups excluding carboxylic acids is 1. The molecule has 2 heterocycles. The zero-order valence-electron chi connectivity index (χ0n) is 17.4. The van der Waals surface area contributed by atoms with Crippen molar-refractivity contribution in [3.05, 3.63) is 88.4 Å². The highest BCUT2D eigenvalue weighted by atomic mass is 35.5. The van der Waals surface area contributed by atoms with Crippen LogP contribution in [0.1, 0.15) is 16.7 Å². The number of hydrogen-bond acceptors (Lipinski definition) is 3. The molecule has 1 aliphatic rings. The minimum atomic E-state index is 0.0449. The molecular weight excluding hydrogens is 408 g/mol. The summed E-state index contributed by atoms with van der Waals surface area (Å²) in [4.78, 5) is 19.3. The zero-order chi connectivity index (χ0) is 21.5. The van der Waals surface area contributed by atoms with Crippen molar-refractivity contribution in [2.75, 3.05) is 12.0 Å². The van der Waals surface area contributed by atoms with Gasteiger partial charge in [-0.15, -0.1) is 0 Å². The van der Waals surface area contributed by atoms with Crippen LogP contribution in [0.2, 0.25) is 5.02 Å². The molecular formula is C26H21ClN2O2. The fraction of sp³-hybridized carbons (Fsp3) is 0.154. The van der Waals surface area contributed by atoms with Gasteiger partial charge in [0, 0.05) is 16.5 Å². The fourth-order valence-corrected chi connectivity index (χ4v) is 4.34. The molecule has 0 radical (unpaired) electrons. The number of nitrogens with zero attached hydrogens (tertiary/aromatic N) is 2. The number of aryl methyl sites for hydroxylation is 1. The fourth-order valence-electron chi connectivity index (χ4n) is 4.02. The molecule has 0 aliphatic carbocycles. The Morgan fingerprint density at radius 3 is 2.48 bits per heavy atom. The Kier molecular flexibility index (Phi) is 4.87. The number of carbonyl (C=O) groups is 1. The molecule has 1 aromatic heterocycles. The van der Waals surface area contributed by atoms with Crippen molar-refractivity contribution in [2.24, 2.45) is 0 Å². The highest BCUT2D eigenvalue weighted by Gasteiger charge is 2.29. The van der Waals surface area contributed by atoms with Gasteiger partial charge in [0.05, 0.1) is 30.6 Å². The summed E-state index contributed by atoms with van der Waals surface area (Å²) < 4.78 is 5.22. The average molecular weight is 429 g/mol. The lowest BCUT2D eigenvalue weighted by atomic mass is 10.0. The molecule has 1 amide bonds. The molecule has 31 heavy (non-hydrogen) atoms. The Morgan fingerprint density at radius 2 is 1.77 bits per heavy atom.